The zero-order valence-corrected chi connectivity index (χ0v) is 14.5. The molecule has 24 heavy (non-hydrogen) atoms. The first-order chi connectivity index (χ1) is 11.5. The van der Waals surface area contributed by atoms with Crippen molar-refractivity contribution in [1.29, 1.82) is 0 Å². The van der Waals surface area contributed by atoms with Crippen LogP contribution in [-0.4, -0.2) is 15.8 Å². The van der Waals surface area contributed by atoms with Gasteiger partial charge in [-0.3, -0.25) is 14.9 Å². The summed E-state index contributed by atoms with van der Waals surface area (Å²) in [7, 11) is 0. The molecule has 0 unspecified atom stereocenters. The first-order valence-electron chi connectivity index (χ1n) is 8.00. The number of aryl methyl sites for hydroxylation is 3. The van der Waals surface area contributed by atoms with Gasteiger partial charge in [0.2, 0.25) is 0 Å². The lowest BCUT2D eigenvalue weighted by Crippen LogP contribution is -2.27. The average Bonchev–Trinajstić information content (AvgIpc) is 2.98. The van der Waals surface area contributed by atoms with Gasteiger partial charge in [-0.25, -0.2) is 4.98 Å². The second-order valence-corrected chi connectivity index (χ2v) is 7.17. The van der Waals surface area contributed by atoms with E-state index < -0.39 is 10.8 Å². The molecular formula is C17H19N3O3S. The summed E-state index contributed by atoms with van der Waals surface area (Å²) < 4.78 is 0. The third kappa shape index (κ3) is 3.17. The Morgan fingerprint density at radius 2 is 2.12 bits per heavy atom. The standard InChI is InChI=1S/C17H19N3O3S/c1-10-6-5-7-12(15(10)20(22)23)16(21)18-11(2)17-19-13-8-3-4-9-14(13)24-17/h5-7,11H,3-4,8-9H2,1-2H3,(H,18,21)/t11-/m0/s1. The predicted molar refractivity (Wildman–Crippen MR) is 92.5 cm³/mol. The first-order valence-corrected chi connectivity index (χ1v) is 8.82. The number of thiazole rings is 1. The number of nitro benzene ring substituents is 1. The number of carbonyl (C=O) groups is 1. The van der Waals surface area contributed by atoms with Crippen molar-refractivity contribution in [2.24, 2.45) is 0 Å². The van der Waals surface area contributed by atoms with Gasteiger partial charge in [0, 0.05) is 10.4 Å². The Bertz CT molecular complexity index is 777. The van der Waals surface area contributed by atoms with E-state index in [4.69, 9.17) is 0 Å². The Hall–Kier alpha value is -2.28. The van der Waals surface area contributed by atoms with Gasteiger partial charge < -0.3 is 5.32 Å². The molecule has 0 fully saturated rings. The van der Waals surface area contributed by atoms with Crippen LogP contribution < -0.4 is 5.32 Å². The summed E-state index contributed by atoms with van der Waals surface area (Å²) in [5.74, 6) is -0.439. The van der Waals surface area contributed by atoms with E-state index in [0.717, 1.165) is 30.0 Å². The number of nitrogens with zero attached hydrogens (tertiary/aromatic N) is 2. The summed E-state index contributed by atoms with van der Waals surface area (Å²) in [6, 6.07) is 4.50. The van der Waals surface area contributed by atoms with Gasteiger partial charge in [0.25, 0.3) is 11.6 Å². The molecule has 1 heterocycles. The van der Waals surface area contributed by atoms with Crippen LogP contribution in [0.1, 0.15) is 57.3 Å². The molecule has 0 spiro atoms. The van der Waals surface area contributed by atoms with E-state index in [1.165, 1.54) is 17.4 Å². The van der Waals surface area contributed by atoms with Gasteiger partial charge in [0.05, 0.1) is 16.7 Å². The Labute approximate surface area is 144 Å². The van der Waals surface area contributed by atoms with Crippen molar-refractivity contribution < 1.29 is 9.72 Å². The molecule has 1 atom stereocenters. The normalized spacial score (nSPS) is 14.8. The molecule has 6 nitrogen and oxygen atoms in total. The minimum Gasteiger partial charge on any atom is -0.343 e. The van der Waals surface area contributed by atoms with Gasteiger partial charge in [0.15, 0.2) is 0 Å². The van der Waals surface area contributed by atoms with Crippen molar-refractivity contribution >= 4 is 22.9 Å². The van der Waals surface area contributed by atoms with Crippen molar-refractivity contribution in [3.05, 3.63) is 55.0 Å². The van der Waals surface area contributed by atoms with E-state index in [2.05, 4.69) is 10.3 Å². The van der Waals surface area contributed by atoms with Crippen LogP contribution in [0.25, 0.3) is 0 Å². The zero-order chi connectivity index (χ0) is 17.3. The summed E-state index contributed by atoms with van der Waals surface area (Å²) in [6.07, 6.45) is 4.39. The highest BCUT2D eigenvalue weighted by atomic mass is 32.1. The Morgan fingerprint density at radius 1 is 1.38 bits per heavy atom. The van der Waals surface area contributed by atoms with Gasteiger partial charge in [-0.1, -0.05) is 12.1 Å². The smallest absolute Gasteiger partial charge is 0.285 e. The highest BCUT2D eigenvalue weighted by Crippen LogP contribution is 2.30. The minimum atomic E-state index is -0.503. The molecule has 1 amide bonds. The van der Waals surface area contributed by atoms with Gasteiger partial charge in [-0.05, 0) is 45.6 Å². The number of benzene rings is 1. The number of nitro groups is 1. The van der Waals surface area contributed by atoms with E-state index in [1.54, 1.807) is 30.4 Å². The summed E-state index contributed by atoms with van der Waals surface area (Å²) in [6.45, 7) is 3.50. The van der Waals surface area contributed by atoms with Gasteiger partial charge in [-0.2, -0.15) is 0 Å². The van der Waals surface area contributed by atoms with Crippen LogP contribution in [-0.2, 0) is 12.8 Å². The fraction of sp³-hybridized carbons (Fsp3) is 0.412. The number of nitrogens with one attached hydrogen (secondary N) is 1. The summed E-state index contributed by atoms with van der Waals surface area (Å²) in [5, 5.41) is 15.0. The Morgan fingerprint density at radius 3 is 2.83 bits per heavy atom. The van der Waals surface area contributed by atoms with E-state index >= 15 is 0 Å². The molecule has 7 heteroatoms. The van der Waals surface area contributed by atoms with Crippen LogP contribution in [0.15, 0.2) is 18.2 Å². The number of amides is 1. The van der Waals surface area contributed by atoms with Crippen molar-refractivity contribution in [3.8, 4) is 0 Å². The largest absolute Gasteiger partial charge is 0.343 e. The topological polar surface area (TPSA) is 85.1 Å². The number of fused-ring (bicyclic) bond motifs is 1. The predicted octanol–water partition coefficient (Wildman–Crippen LogP) is 3.73. The molecule has 2 aromatic rings. The van der Waals surface area contributed by atoms with Crippen LogP contribution >= 0.6 is 11.3 Å². The molecule has 126 valence electrons. The Balaban J connectivity index is 1.81. The number of hydrogen-bond donors (Lipinski definition) is 1. The monoisotopic (exact) mass is 345 g/mol. The number of aromatic nitrogens is 1. The van der Waals surface area contributed by atoms with Crippen LogP contribution in [0.3, 0.4) is 0 Å². The number of carbonyl (C=O) groups excluding carboxylic acids is 1. The van der Waals surface area contributed by atoms with Crippen LogP contribution in [0, 0.1) is 17.0 Å². The van der Waals surface area contributed by atoms with Crippen molar-refractivity contribution in [1.82, 2.24) is 10.3 Å². The number of hydrogen-bond acceptors (Lipinski definition) is 5. The van der Waals surface area contributed by atoms with Crippen molar-refractivity contribution in [3.63, 3.8) is 0 Å². The lowest BCUT2D eigenvalue weighted by atomic mass is 10.0. The van der Waals surface area contributed by atoms with Gasteiger partial charge in [-0.15, -0.1) is 11.3 Å². The molecule has 1 aliphatic carbocycles. The molecular weight excluding hydrogens is 326 g/mol. The number of para-hydroxylation sites is 1. The zero-order valence-electron chi connectivity index (χ0n) is 13.7. The van der Waals surface area contributed by atoms with E-state index in [9.17, 15) is 14.9 Å². The molecule has 1 aromatic carbocycles. The summed E-state index contributed by atoms with van der Waals surface area (Å²) in [4.78, 5) is 29.2. The summed E-state index contributed by atoms with van der Waals surface area (Å²) >= 11 is 1.63. The molecule has 1 aliphatic rings. The summed E-state index contributed by atoms with van der Waals surface area (Å²) in [5.41, 5.74) is 1.57. The third-order valence-electron chi connectivity index (χ3n) is 4.25. The fourth-order valence-electron chi connectivity index (χ4n) is 2.98. The molecule has 0 saturated carbocycles. The van der Waals surface area contributed by atoms with E-state index in [-0.39, 0.29) is 17.3 Å². The Kier molecular flexibility index (Phi) is 4.62. The lowest BCUT2D eigenvalue weighted by molar-refractivity contribution is -0.385. The highest BCUT2D eigenvalue weighted by molar-refractivity contribution is 7.11. The minimum absolute atomic E-state index is 0.0909. The molecule has 3 rings (SSSR count). The molecule has 0 aliphatic heterocycles. The lowest BCUT2D eigenvalue weighted by Gasteiger charge is -2.12. The van der Waals surface area contributed by atoms with Crippen molar-refractivity contribution in [2.45, 2.75) is 45.6 Å². The molecule has 0 bridgehead atoms. The molecule has 1 aromatic heterocycles. The van der Waals surface area contributed by atoms with E-state index in [1.807, 2.05) is 6.92 Å². The van der Waals surface area contributed by atoms with Gasteiger partial charge in [0.1, 0.15) is 10.6 Å². The second kappa shape index (κ2) is 6.68. The van der Waals surface area contributed by atoms with Crippen LogP contribution in [0.5, 0.6) is 0 Å². The molecule has 0 saturated heterocycles. The third-order valence-corrected chi connectivity index (χ3v) is 5.59. The average molecular weight is 345 g/mol. The quantitative estimate of drug-likeness (QED) is 0.676. The van der Waals surface area contributed by atoms with Crippen LogP contribution in [0.4, 0.5) is 5.69 Å². The first kappa shape index (κ1) is 16.6. The fourth-order valence-corrected chi connectivity index (χ4v) is 4.13. The second-order valence-electron chi connectivity index (χ2n) is 6.05. The number of rotatable bonds is 4. The maximum atomic E-state index is 12.5. The maximum Gasteiger partial charge on any atom is 0.285 e. The molecule has 1 N–H and O–H groups in total. The molecule has 0 radical (unpaired) electrons. The maximum absolute atomic E-state index is 12.5. The highest BCUT2D eigenvalue weighted by Gasteiger charge is 2.25. The SMILES string of the molecule is Cc1cccc(C(=O)N[C@@H](C)c2nc3c(s2)CCCC3)c1[N+](=O)[O-]. The van der Waals surface area contributed by atoms with Crippen LogP contribution in [0.2, 0.25) is 0 Å². The van der Waals surface area contributed by atoms with Gasteiger partial charge >= 0.3 is 0 Å². The van der Waals surface area contributed by atoms with E-state index in [0.29, 0.717) is 5.56 Å². The van der Waals surface area contributed by atoms with Crippen molar-refractivity contribution in [2.75, 3.05) is 0 Å².